The molecule has 0 saturated heterocycles. The predicted molar refractivity (Wildman–Crippen MR) is 117 cm³/mol. The molecule has 1 aromatic heterocycles. The molecule has 0 atom stereocenters. The number of hydrogen-bond acceptors (Lipinski definition) is 6. The van der Waals surface area contributed by atoms with Crippen molar-refractivity contribution in [2.45, 2.75) is 63.1 Å². The number of urea groups is 1. The van der Waals surface area contributed by atoms with Crippen LogP contribution in [0.25, 0.3) is 5.69 Å². The summed E-state index contributed by atoms with van der Waals surface area (Å²) < 4.78 is 1.63. The minimum absolute atomic E-state index is 0.0690. The average Bonchev–Trinajstić information content (AvgIpc) is 3.15. The summed E-state index contributed by atoms with van der Waals surface area (Å²) in [5.74, 6) is 1.94. The van der Waals surface area contributed by atoms with Crippen LogP contribution in [0.5, 0.6) is 0 Å². The van der Waals surface area contributed by atoms with Crippen molar-refractivity contribution >= 4 is 23.7 Å². The van der Waals surface area contributed by atoms with Gasteiger partial charge in [-0.3, -0.25) is 10.1 Å². The summed E-state index contributed by atoms with van der Waals surface area (Å²) in [6.45, 7) is 4.00. The highest BCUT2D eigenvalue weighted by Crippen LogP contribution is 2.55. The van der Waals surface area contributed by atoms with Crippen LogP contribution in [0.4, 0.5) is 4.79 Å². The second kappa shape index (κ2) is 7.93. The van der Waals surface area contributed by atoms with Crippen molar-refractivity contribution in [1.29, 1.82) is 0 Å². The minimum atomic E-state index is -0.373. The lowest BCUT2D eigenvalue weighted by atomic mass is 9.53. The summed E-state index contributed by atoms with van der Waals surface area (Å²) in [6.07, 6.45) is 7.10. The van der Waals surface area contributed by atoms with E-state index in [0.717, 1.165) is 53.8 Å². The van der Waals surface area contributed by atoms with Gasteiger partial charge in [0.25, 0.3) is 0 Å². The third-order valence-corrected chi connectivity index (χ3v) is 7.96. The topological polar surface area (TPSA) is 102 Å². The zero-order valence-corrected chi connectivity index (χ0v) is 18.7. The molecule has 0 aliphatic heterocycles. The Kier molecular flexibility index (Phi) is 5.24. The number of aromatic nitrogens is 4. The molecule has 31 heavy (non-hydrogen) atoms. The number of rotatable bonds is 5. The fraction of sp³-hybridized carbons (Fsp3) is 0.591. The van der Waals surface area contributed by atoms with Gasteiger partial charge in [0.1, 0.15) is 0 Å². The van der Waals surface area contributed by atoms with Gasteiger partial charge < -0.3 is 5.32 Å². The van der Waals surface area contributed by atoms with Crippen LogP contribution in [0, 0.1) is 31.6 Å². The number of benzene rings is 1. The fourth-order valence-corrected chi connectivity index (χ4v) is 6.88. The first kappa shape index (κ1) is 20.5. The van der Waals surface area contributed by atoms with Gasteiger partial charge in [0.05, 0.1) is 11.4 Å². The normalized spacial score (nSPS) is 28.5. The highest BCUT2D eigenvalue weighted by atomic mass is 32.2. The molecule has 0 spiro atoms. The molecule has 1 heterocycles. The van der Waals surface area contributed by atoms with E-state index in [2.05, 4.69) is 26.2 Å². The zero-order valence-electron chi connectivity index (χ0n) is 17.9. The second-order valence-electron chi connectivity index (χ2n) is 9.65. The summed E-state index contributed by atoms with van der Waals surface area (Å²) in [6, 6.07) is 5.68. The van der Waals surface area contributed by atoms with Crippen molar-refractivity contribution in [1.82, 2.24) is 30.8 Å². The van der Waals surface area contributed by atoms with E-state index in [9.17, 15) is 9.59 Å². The summed E-state index contributed by atoms with van der Waals surface area (Å²) in [7, 11) is 0. The van der Waals surface area contributed by atoms with Crippen molar-refractivity contribution in [2.24, 2.45) is 17.8 Å². The number of tetrazole rings is 1. The minimum Gasteiger partial charge on any atom is -0.332 e. The molecule has 2 aromatic rings. The first-order valence-corrected chi connectivity index (χ1v) is 12.0. The molecule has 4 aliphatic rings. The van der Waals surface area contributed by atoms with Gasteiger partial charge in [0.2, 0.25) is 11.1 Å². The molecule has 9 heteroatoms. The summed E-state index contributed by atoms with van der Waals surface area (Å²) in [5.41, 5.74) is 2.91. The van der Waals surface area contributed by atoms with Gasteiger partial charge in [-0.2, -0.15) is 4.68 Å². The molecule has 0 radical (unpaired) electrons. The number of hydrogen-bond donors (Lipinski definition) is 2. The number of thioether (sulfide) groups is 1. The molecular weight excluding hydrogens is 412 g/mol. The molecule has 0 unspecified atom stereocenters. The van der Waals surface area contributed by atoms with Gasteiger partial charge in [-0.1, -0.05) is 23.9 Å². The van der Waals surface area contributed by atoms with Crippen LogP contribution in [0.1, 0.15) is 49.7 Å². The van der Waals surface area contributed by atoms with E-state index >= 15 is 0 Å². The summed E-state index contributed by atoms with van der Waals surface area (Å²) in [5, 5.41) is 18.1. The van der Waals surface area contributed by atoms with Crippen molar-refractivity contribution in [3.8, 4) is 5.69 Å². The number of aryl methyl sites for hydroxylation is 2. The molecule has 4 saturated carbocycles. The van der Waals surface area contributed by atoms with Crippen LogP contribution in [0.3, 0.4) is 0 Å². The first-order valence-electron chi connectivity index (χ1n) is 11.0. The number of imide groups is 1. The van der Waals surface area contributed by atoms with E-state index in [1.165, 1.54) is 31.0 Å². The maximum absolute atomic E-state index is 12.6. The van der Waals surface area contributed by atoms with Gasteiger partial charge in [-0.15, -0.1) is 5.10 Å². The zero-order chi connectivity index (χ0) is 21.6. The number of carbonyl (C=O) groups excluding carboxylic acids is 2. The smallest absolute Gasteiger partial charge is 0.321 e. The molecule has 4 fully saturated rings. The fourth-order valence-electron chi connectivity index (χ4n) is 6.20. The molecule has 4 aliphatic carbocycles. The van der Waals surface area contributed by atoms with Crippen LogP contribution in [-0.4, -0.2) is 43.4 Å². The average molecular weight is 441 g/mol. The molecule has 2 N–H and O–H groups in total. The largest absolute Gasteiger partial charge is 0.332 e. The highest BCUT2D eigenvalue weighted by Gasteiger charge is 2.51. The lowest BCUT2D eigenvalue weighted by molar-refractivity contribution is -0.117. The van der Waals surface area contributed by atoms with Crippen LogP contribution in [-0.2, 0) is 4.79 Å². The SMILES string of the molecule is Cc1ccc(C)c(-n2nnnc2SCC(=O)NC(=O)NC23CC4CC(CC(C4)C2)C3)c1. The maximum atomic E-state index is 12.6. The van der Waals surface area contributed by atoms with E-state index in [1.54, 1.807) is 4.68 Å². The molecular formula is C22H28N6O2S. The standard InChI is InChI=1S/C22H28N6O2S/c1-13-3-4-14(2)18(5-13)28-21(25-26-27-28)31-12-19(29)23-20(30)24-22-9-15-6-16(10-22)8-17(7-15)11-22/h3-5,15-17H,6-12H2,1-2H3,(H2,23,24,29,30). The van der Waals surface area contributed by atoms with Crippen LogP contribution < -0.4 is 10.6 Å². The lowest BCUT2D eigenvalue weighted by Gasteiger charge is -2.56. The van der Waals surface area contributed by atoms with Crippen LogP contribution in [0.2, 0.25) is 0 Å². The van der Waals surface area contributed by atoms with E-state index in [1.807, 2.05) is 32.0 Å². The van der Waals surface area contributed by atoms with Crippen molar-refractivity contribution < 1.29 is 9.59 Å². The van der Waals surface area contributed by atoms with E-state index in [0.29, 0.717) is 5.16 Å². The Morgan fingerprint density at radius 3 is 2.48 bits per heavy atom. The van der Waals surface area contributed by atoms with Gasteiger partial charge in [-0.25, -0.2) is 4.79 Å². The number of nitrogens with one attached hydrogen (secondary N) is 2. The van der Waals surface area contributed by atoms with Crippen LogP contribution >= 0.6 is 11.8 Å². The highest BCUT2D eigenvalue weighted by molar-refractivity contribution is 7.99. The molecule has 4 bridgehead atoms. The second-order valence-corrected chi connectivity index (χ2v) is 10.6. The Labute approximate surface area is 185 Å². The monoisotopic (exact) mass is 440 g/mol. The number of carbonyl (C=O) groups is 2. The maximum Gasteiger partial charge on any atom is 0.321 e. The van der Waals surface area contributed by atoms with Gasteiger partial charge in [0, 0.05) is 5.54 Å². The summed E-state index contributed by atoms with van der Waals surface area (Å²) in [4.78, 5) is 25.0. The van der Waals surface area contributed by atoms with Gasteiger partial charge >= 0.3 is 6.03 Å². The molecule has 6 rings (SSSR count). The molecule has 3 amide bonds. The quantitative estimate of drug-likeness (QED) is 0.693. The Morgan fingerprint density at radius 2 is 1.81 bits per heavy atom. The van der Waals surface area contributed by atoms with Crippen LogP contribution in [0.15, 0.2) is 23.4 Å². The van der Waals surface area contributed by atoms with Crippen molar-refractivity contribution in [3.05, 3.63) is 29.3 Å². The third-order valence-electron chi connectivity index (χ3n) is 7.04. The Balaban J connectivity index is 1.17. The summed E-state index contributed by atoms with van der Waals surface area (Å²) >= 11 is 1.22. The first-order chi connectivity index (χ1) is 14.9. The van der Waals surface area contributed by atoms with E-state index in [4.69, 9.17) is 0 Å². The lowest BCUT2D eigenvalue weighted by Crippen LogP contribution is -2.61. The van der Waals surface area contributed by atoms with Gasteiger partial charge in [0.15, 0.2) is 0 Å². The Hall–Kier alpha value is -2.42. The number of amides is 3. The van der Waals surface area contributed by atoms with Gasteiger partial charge in [-0.05, 0) is 97.7 Å². The molecule has 164 valence electrons. The predicted octanol–water partition coefficient (Wildman–Crippen LogP) is 3.17. The Bertz CT molecular complexity index is 984. The molecule has 1 aromatic carbocycles. The third kappa shape index (κ3) is 4.20. The van der Waals surface area contributed by atoms with Crippen molar-refractivity contribution in [3.63, 3.8) is 0 Å². The Morgan fingerprint density at radius 1 is 1.13 bits per heavy atom. The van der Waals surface area contributed by atoms with E-state index in [-0.39, 0.29) is 23.2 Å². The molecule has 8 nitrogen and oxygen atoms in total. The van der Waals surface area contributed by atoms with Crippen molar-refractivity contribution in [2.75, 3.05) is 5.75 Å². The number of nitrogens with zero attached hydrogens (tertiary/aromatic N) is 4. The van der Waals surface area contributed by atoms with E-state index < -0.39 is 0 Å².